The maximum Gasteiger partial charge on any atom is 0.326 e. The SMILES string of the molecule is CS(=O)(=O)c1cc(C(=O)NC(C(=O)O)C2CCCOC2)cs1. The summed E-state index contributed by atoms with van der Waals surface area (Å²) in [6.45, 7) is 0.883. The van der Waals surface area contributed by atoms with Gasteiger partial charge in [0.05, 0.1) is 12.2 Å². The largest absolute Gasteiger partial charge is 0.480 e. The van der Waals surface area contributed by atoms with Crippen LogP contribution in [0.2, 0.25) is 0 Å². The van der Waals surface area contributed by atoms with Crippen LogP contribution in [0.1, 0.15) is 23.2 Å². The van der Waals surface area contributed by atoms with Gasteiger partial charge in [0.1, 0.15) is 10.3 Å². The van der Waals surface area contributed by atoms with Gasteiger partial charge in [0, 0.05) is 24.2 Å². The summed E-state index contributed by atoms with van der Waals surface area (Å²) < 4.78 is 28.2. The fraction of sp³-hybridized carbons (Fsp3) is 0.538. The number of hydrogen-bond donors (Lipinski definition) is 2. The van der Waals surface area contributed by atoms with Crippen molar-refractivity contribution in [2.75, 3.05) is 19.5 Å². The Kier molecular flexibility index (Phi) is 5.20. The van der Waals surface area contributed by atoms with Crippen LogP contribution in [0.15, 0.2) is 15.7 Å². The molecule has 1 aliphatic heterocycles. The standard InChI is InChI=1S/C13H17NO6S2/c1-22(18,19)10-5-9(7-21-10)12(15)14-11(13(16)17)8-3-2-4-20-6-8/h5,7-8,11H,2-4,6H2,1H3,(H,14,15)(H,16,17). The van der Waals surface area contributed by atoms with E-state index >= 15 is 0 Å². The molecule has 7 nitrogen and oxygen atoms in total. The van der Waals surface area contributed by atoms with E-state index in [4.69, 9.17) is 4.74 Å². The Labute approximate surface area is 132 Å². The Bertz CT molecular complexity index is 660. The first-order chi connectivity index (χ1) is 10.3. The molecule has 0 aromatic carbocycles. The lowest BCUT2D eigenvalue weighted by atomic mass is 9.93. The van der Waals surface area contributed by atoms with E-state index in [-0.39, 0.29) is 22.3 Å². The molecule has 9 heteroatoms. The number of aliphatic carboxylic acids is 1. The van der Waals surface area contributed by atoms with Crippen LogP contribution in [0.25, 0.3) is 0 Å². The smallest absolute Gasteiger partial charge is 0.326 e. The molecule has 2 unspecified atom stereocenters. The molecule has 1 aromatic rings. The molecule has 1 aromatic heterocycles. The van der Waals surface area contributed by atoms with E-state index < -0.39 is 27.8 Å². The summed E-state index contributed by atoms with van der Waals surface area (Å²) in [5.41, 5.74) is 0.147. The molecule has 2 N–H and O–H groups in total. The highest BCUT2D eigenvalue weighted by Crippen LogP contribution is 2.22. The van der Waals surface area contributed by atoms with Gasteiger partial charge in [-0.05, 0) is 18.9 Å². The first-order valence-electron chi connectivity index (χ1n) is 6.69. The zero-order valence-corrected chi connectivity index (χ0v) is 13.6. The first kappa shape index (κ1) is 16.9. The number of ether oxygens (including phenoxy) is 1. The number of carboxylic acid groups (broad SMARTS) is 1. The molecule has 0 saturated carbocycles. The molecule has 0 bridgehead atoms. The van der Waals surface area contributed by atoms with Gasteiger partial charge in [0.15, 0.2) is 9.84 Å². The Balaban J connectivity index is 2.11. The number of nitrogens with one attached hydrogen (secondary N) is 1. The lowest BCUT2D eigenvalue weighted by Gasteiger charge is -2.27. The van der Waals surface area contributed by atoms with Crippen LogP contribution >= 0.6 is 11.3 Å². The summed E-state index contributed by atoms with van der Waals surface area (Å²) in [7, 11) is -3.38. The molecule has 2 heterocycles. The molecule has 1 aliphatic rings. The summed E-state index contributed by atoms with van der Waals surface area (Å²) >= 11 is 0.935. The molecule has 1 amide bonds. The van der Waals surface area contributed by atoms with Gasteiger partial charge in [-0.15, -0.1) is 11.3 Å². The number of rotatable bonds is 5. The van der Waals surface area contributed by atoms with Gasteiger partial charge in [0.25, 0.3) is 5.91 Å². The van der Waals surface area contributed by atoms with Crippen molar-refractivity contribution in [2.45, 2.75) is 23.1 Å². The van der Waals surface area contributed by atoms with Crippen LogP contribution in [0.3, 0.4) is 0 Å². The minimum Gasteiger partial charge on any atom is -0.480 e. The lowest BCUT2D eigenvalue weighted by Crippen LogP contribution is -2.48. The molecular formula is C13H17NO6S2. The van der Waals surface area contributed by atoms with E-state index in [1.807, 2.05) is 0 Å². The fourth-order valence-electron chi connectivity index (χ4n) is 2.26. The van der Waals surface area contributed by atoms with E-state index in [2.05, 4.69) is 5.32 Å². The predicted octanol–water partition coefficient (Wildman–Crippen LogP) is 0.761. The van der Waals surface area contributed by atoms with Crippen LogP contribution in [0, 0.1) is 5.92 Å². The number of thiophene rings is 1. The average Bonchev–Trinajstić information content (AvgIpc) is 2.95. The summed E-state index contributed by atoms with van der Waals surface area (Å²) in [6, 6.07) is 0.209. The van der Waals surface area contributed by atoms with Crippen LogP contribution in [-0.4, -0.2) is 50.9 Å². The minimum absolute atomic E-state index is 0.0746. The van der Waals surface area contributed by atoms with Crippen molar-refractivity contribution >= 4 is 33.1 Å². The highest BCUT2D eigenvalue weighted by Gasteiger charge is 2.31. The third-order valence-corrected chi connectivity index (χ3v) is 6.19. The van der Waals surface area contributed by atoms with Crippen LogP contribution in [0.4, 0.5) is 0 Å². The number of carbonyl (C=O) groups is 2. The quantitative estimate of drug-likeness (QED) is 0.814. The Morgan fingerprint density at radius 1 is 1.50 bits per heavy atom. The van der Waals surface area contributed by atoms with Gasteiger partial charge in [-0.25, -0.2) is 13.2 Å². The Morgan fingerprint density at radius 3 is 2.73 bits per heavy atom. The summed E-state index contributed by atoms with van der Waals surface area (Å²) in [4.78, 5) is 23.5. The second-order valence-corrected chi connectivity index (χ2v) is 8.35. The van der Waals surface area contributed by atoms with E-state index in [1.165, 1.54) is 11.4 Å². The topological polar surface area (TPSA) is 110 Å². The highest BCUT2D eigenvalue weighted by atomic mass is 32.2. The van der Waals surface area contributed by atoms with Gasteiger partial charge in [0.2, 0.25) is 0 Å². The molecule has 1 saturated heterocycles. The molecule has 22 heavy (non-hydrogen) atoms. The van der Waals surface area contributed by atoms with Crippen molar-refractivity contribution in [2.24, 2.45) is 5.92 Å². The number of carboxylic acids is 1. The average molecular weight is 347 g/mol. The van der Waals surface area contributed by atoms with Crippen molar-refractivity contribution in [3.05, 3.63) is 17.0 Å². The molecule has 0 spiro atoms. The molecule has 0 aliphatic carbocycles. The normalized spacial score (nSPS) is 20.3. The summed E-state index contributed by atoms with van der Waals surface area (Å²) in [5, 5.41) is 13.2. The Hall–Kier alpha value is -1.45. The van der Waals surface area contributed by atoms with Crippen molar-refractivity contribution in [3.8, 4) is 0 Å². The van der Waals surface area contributed by atoms with Gasteiger partial charge in [-0.1, -0.05) is 0 Å². The fourth-order valence-corrected chi connectivity index (χ4v) is 4.06. The van der Waals surface area contributed by atoms with E-state index in [0.717, 1.165) is 24.0 Å². The van der Waals surface area contributed by atoms with Gasteiger partial charge < -0.3 is 15.2 Å². The van der Waals surface area contributed by atoms with Crippen LogP contribution < -0.4 is 5.32 Å². The number of carbonyl (C=O) groups excluding carboxylic acids is 1. The highest BCUT2D eigenvalue weighted by molar-refractivity contribution is 7.92. The lowest BCUT2D eigenvalue weighted by molar-refractivity contribution is -0.142. The maximum atomic E-state index is 12.1. The number of amides is 1. The minimum atomic E-state index is -3.38. The van der Waals surface area contributed by atoms with Crippen molar-refractivity contribution in [1.29, 1.82) is 0 Å². The van der Waals surface area contributed by atoms with E-state index in [0.29, 0.717) is 13.0 Å². The van der Waals surface area contributed by atoms with Gasteiger partial charge in [-0.3, -0.25) is 4.79 Å². The summed E-state index contributed by atoms with van der Waals surface area (Å²) in [6.07, 6.45) is 2.47. The van der Waals surface area contributed by atoms with E-state index in [9.17, 15) is 23.1 Å². The molecule has 1 fully saturated rings. The molecule has 122 valence electrons. The van der Waals surface area contributed by atoms with Gasteiger partial charge >= 0.3 is 5.97 Å². The van der Waals surface area contributed by atoms with Gasteiger partial charge in [-0.2, -0.15) is 0 Å². The summed E-state index contributed by atoms with van der Waals surface area (Å²) in [5.74, 6) is -2.00. The zero-order valence-electron chi connectivity index (χ0n) is 11.9. The molecule has 2 rings (SSSR count). The van der Waals surface area contributed by atoms with E-state index in [1.54, 1.807) is 0 Å². The third-order valence-electron chi connectivity index (χ3n) is 3.42. The monoisotopic (exact) mass is 347 g/mol. The Morgan fingerprint density at radius 2 is 2.23 bits per heavy atom. The van der Waals surface area contributed by atoms with Crippen LogP contribution in [-0.2, 0) is 19.4 Å². The predicted molar refractivity (Wildman–Crippen MR) is 79.9 cm³/mol. The molecular weight excluding hydrogens is 330 g/mol. The number of sulfone groups is 1. The van der Waals surface area contributed by atoms with Crippen molar-refractivity contribution in [3.63, 3.8) is 0 Å². The van der Waals surface area contributed by atoms with Crippen molar-refractivity contribution in [1.82, 2.24) is 5.32 Å². The maximum absolute atomic E-state index is 12.1. The zero-order chi connectivity index (χ0) is 16.3. The first-order valence-corrected chi connectivity index (χ1v) is 9.46. The molecule has 0 radical (unpaired) electrons. The second-order valence-electron chi connectivity index (χ2n) is 5.19. The second kappa shape index (κ2) is 6.76. The third kappa shape index (κ3) is 4.05. The van der Waals surface area contributed by atoms with Crippen LogP contribution in [0.5, 0.6) is 0 Å². The van der Waals surface area contributed by atoms with Crippen molar-refractivity contribution < 1.29 is 27.9 Å². The molecule has 2 atom stereocenters. The number of hydrogen-bond acceptors (Lipinski definition) is 6.